The van der Waals surface area contributed by atoms with E-state index in [1.165, 1.54) is 0 Å². The second-order valence-corrected chi connectivity index (χ2v) is 2.11. The molecule has 0 aliphatic heterocycles. The van der Waals surface area contributed by atoms with Gasteiger partial charge in [0.25, 0.3) is 0 Å². The van der Waals surface area contributed by atoms with Gasteiger partial charge in [0.1, 0.15) is 0 Å². The lowest BCUT2D eigenvalue weighted by molar-refractivity contribution is -0.132. The molecule has 0 radical (unpaired) electrons. The highest BCUT2D eigenvalue weighted by molar-refractivity contribution is 5.92. The molecule has 0 aliphatic rings. The third kappa shape index (κ3) is 4.45. The van der Waals surface area contributed by atoms with Crippen molar-refractivity contribution in [3.05, 3.63) is 12.2 Å². The lowest BCUT2D eigenvalue weighted by atomic mass is 10.2. The summed E-state index contributed by atoms with van der Waals surface area (Å²) in [5.41, 5.74) is 2.38. The summed E-state index contributed by atoms with van der Waals surface area (Å²) in [6, 6.07) is 0. The van der Waals surface area contributed by atoms with E-state index >= 15 is 0 Å². The second-order valence-electron chi connectivity index (χ2n) is 2.11. The minimum Gasteiger partial charge on any atom is -0.478 e. The molecule has 12 heavy (non-hydrogen) atoms. The first-order valence-corrected chi connectivity index (χ1v) is 3.46. The van der Waals surface area contributed by atoms with Gasteiger partial charge in [0.05, 0.1) is 6.42 Å². The predicted octanol–water partition coefficient (Wildman–Crippen LogP) is 0.536. The van der Waals surface area contributed by atoms with Crippen molar-refractivity contribution in [3.8, 4) is 0 Å². The van der Waals surface area contributed by atoms with Crippen LogP contribution < -0.4 is 5.48 Å². The second kappa shape index (κ2) is 5.31. The van der Waals surface area contributed by atoms with Gasteiger partial charge < -0.3 is 9.94 Å². The van der Waals surface area contributed by atoms with Gasteiger partial charge in [-0.2, -0.15) is 5.48 Å². The van der Waals surface area contributed by atoms with E-state index in [0.29, 0.717) is 6.54 Å². The first-order valence-electron chi connectivity index (χ1n) is 3.46. The van der Waals surface area contributed by atoms with Gasteiger partial charge in [-0.1, -0.05) is 6.58 Å². The van der Waals surface area contributed by atoms with Crippen LogP contribution in [0.2, 0.25) is 0 Å². The van der Waals surface area contributed by atoms with Gasteiger partial charge in [-0.3, -0.25) is 5.41 Å². The van der Waals surface area contributed by atoms with Crippen LogP contribution in [0.25, 0.3) is 0 Å². The van der Waals surface area contributed by atoms with E-state index in [1.807, 2.05) is 0 Å². The summed E-state index contributed by atoms with van der Waals surface area (Å²) in [5, 5.41) is 15.5. The van der Waals surface area contributed by atoms with E-state index in [4.69, 9.17) is 10.5 Å². The fourth-order valence-corrected chi connectivity index (χ4v) is 0.465. The van der Waals surface area contributed by atoms with Crippen LogP contribution in [0, 0.1) is 5.41 Å². The van der Waals surface area contributed by atoms with Crippen LogP contribution in [-0.2, 0) is 9.63 Å². The Hall–Kier alpha value is -1.36. The molecule has 0 aromatic rings. The van der Waals surface area contributed by atoms with Crippen LogP contribution in [0.3, 0.4) is 0 Å². The van der Waals surface area contributed by atoms with Gasteiger partial charge in [-0.05, 0) is 6.92 Å². The van der Waals surface area contributed by atoms with E-state index < -0.39 is 5.97 Å². The van der Waals surface area contributed by atoms with Crippen LogP contribution in [0.1, 0.15) is 13.3 Å². The van der Waals surface area contributed by atoms with Crippen LogP contribution in [-0.4, -0.2) is 23.5 Å². The van der Waals surface area contributed by atoms with Crippen molar-refractivity contribution in [2.75, 3.05) is 6.54 Å². The summed E-state index contributed by atoms with van der Waals surface area (Å²) in [5.74, 6) is -1.26. The quantitative estimate of drug-likeness (QED) is 0.244. The minimum absolute atomic E-state index is 0.0575. The zero-order chi connectivity index (χ0) is 9.56. The molecule has 0 amide bonds. The number of carbonyl (C=O) groups is 1. The number of nitrogens with one attached hydrogen (secondary N) is 2. The van der Waals surface area contributed by atoms with Crippen LogP contribution in [0.15, 0.2) is 12.2 Å². The smallest absolute Gasteiger partial charge is 0.331 e. The molecule has 0 heterocycles. The fraction of sp³-hybridized carbons (Fsp3) is 0.429. The summed E-state index contributed by atoms with van der Waals surface area (Å²) in [7, 11) is 0. The van der Waals surface area contributed by atoms with Crippen molar-refractivity contribution in [2.45, 2.75) is 13.3 Å². The number of aliphatic carboxylic acids is 1. The average Bonchev–Trinajstić information content (AvgIpc) is 2.00. The van der Waals surface area contributed by atoms with Crippen molar-refractivity contribution < 1.29 is 14.7 Å². The largest absolute Gasteiger partial charge is 0.478 e. The molecule has 5 nitrogen and oxygen atoms in total. The third-order valence-corrected chi connectivity index (χ3v) is 1.02. The molecule has 68 valence electrons. The Morgan fingerprint density at radius 2 is 2.33 bits per heavy atom. The van der Waals surface area contributed by atoms with Gasteiger partial charge in [0.2, 0.25) is 5.90 Å². The van der Waals surface area contributed by atoms with Gasteiger partial charge in [-0.15, -0.1) is 0 Å². The maximum absolute atomic E-state index is 10.2. The predicted molar refractivity (Wildman–Crippen MR) is 43.9 cm³/mol. The van der Waals surface area contributed by atoms with Crippen molar-refractivity contribution in [3.63, 3.8) is 0 Å². The van der Waals surface area contributed by atoms with Crippen LogP contribution in [0.4, 0.5) is 0 Å². The minimum atomic E-state index is -1.11. The summed E-state index contributed by atoms with van der Waals surface area (Å²) in [4.78, 5) is 14.9. The molecule has 0 rings (SSSR count). The third-order valence-electron chi connectivity index (χ3n) is 1.02. The van der Waals surface area contributed by atoms with E-state index in [-0.39, 0.29) is 17.9 Å². The van der Waals surface area contributed by atoms with Crippen LogP contribution >= 0.6 is 0 Å². The zero-order valence-electron chi connectivity index (χ0n) is 6.89. The first kappa shape index (κ1) is 10.6. The highest BCUT2D eigenvalue weighted by atomic mass is 16.7. The number of rotatable bonds is 5. The lowest BCUT2D eigenvalue weighted by Gasteiger charge is -2.05. The molecular formula is C7H12N2O3. The Balaban J connectivity index is 3.69. The van der Waals surface area contributed by atoms with Crippen molar-refractivity contribution in [1.29, 1.82) is 5.41 Å². The van der Waals surface area contributed by atoms with Gasteiger partial charge in [0.15, 0.2) is 0 Å². The standard InChI is InChI=1S/C7H12N2O3/c1-3-9-12-6(8)4-5(2)7(10)11/h8-9H,2-4H2,1H3,(H,10,11). The molecule has 0 aromatic carbocycles. The number of hydrogen-bond acceptors (Lipinski definition) is 4. The normalized spacial score (nSPS) is 9.08. The fourth-order valence-electron chi connectivity index (χ4n) is 0.465. The number of hydroxylamine groups is 1. The monoisotopic (exact) mass is 172 g/mol. The molecular weight excluding hydrogens is 160 g/mol. The van der Waals surface area contributed by atoms with E-state index in [1.54, 1.807) is 6.92 Å². The summed E-state index contributed by atoms with van der Waals surface area (Å²) in [6.45, 7) is 5.62. The average molecular weight is 172 g/mol. The van der Waals surface area contributed by atoms with E-state index in [2.05, 4.69) is 16.9 Å². The first-order chi connectivity index (χ1) is 5.57. The molecule has 0 saturated heterocycles. The Bertz CT molecular complexity index is 201. The van der Waals surface area contributed by atoms with Gasteiger partial charge in [-0.25, -0.2) is 4.79 Å². The molecule has 0 aromatic heterocycles. The maximum atomic E-state index is 10.2. The van der Waals surface area contributed by atoms with Gasteiger partial charge in [0, 0.05) is 12.1 Å². The molecule has 5 heteroatoms. The Morgan fingerprint density at radius 1 is 1.75 bits per heavy atom. The van der Waals surface area contributed by atoms with Crippen molar-refractivity contribution in [2.24, 2.45) is 0 Å². The van der Waals surface area contributed by atoms with Crippen molar-refractivity contribution in [1.82, 2.24) is 5.48 Å². The molecule has 0 spiro atoms. The van der Waals surface area contributed by atoms with Gasteiger partial charge >= 0.3 is 5.97 Å². The van der Waals surface area contributed by atoms with Crippen LogP contribution in [0.5, 0.6) is 0 Å². The lowest BCUT2D eigenvalue weighted by Crippen LogP contribution is -2.20. The Morgan fingerprint density at radius 3 is 2.75 bits per heavy atom. The molecule has 0 unspecified atom stereocenters. The summed E-state index contributed by atoms with van der Waals surface area (Å²) >= 11 is 0. The number of carboxylic acids is 1. The number of carboxylic acid groups (broad SMARTS) is 1. The van der Waals surface area contributed by atoms with Crippen molar-refractivity contribution >= 4 is 11.9 Å². The molecule has 0 fully saturated rings. The Labute approximate surface area is 70.5 Å². The molecule has 0 atom stereocenters. The number of hydrogen-bond donors (Lipinski definition) is 3. The highest BCUT2D eigenvalue weighted by Gasteiger charge is 2.07. The van der Waals surface area contributed by atoms with E-state index in [9.17, 15) is 4.79 Å². The zero-order valence-corrected chi connectivity index (χ0v) is 6.89. The Kier molecular flexibility index (Phi) is 4.71. The summed E-state index contributed by atoms with van der Waals surface area (Å²) in [6.07, 6.45) is -0.0810. The highest BCUT2D eigenvalue weighted by Crippen LogP contribution is 1.98. The SMILES string of the molecule is C=C(CC(=N)ONCC)C(=O)O. The maximum Gasteiger partial charge on any atom is 0.331 e. The molecule has 0 bridgehead atoms. The molecule has 3 N–H and O–H groups in total. The van der Waals surface area contributed by atoms with E-state index in [0.717, 1.165) is 0 Å². The molecule has 0 aliphatic carbocycles. The summed E-state index contributed by atoms with van der Waals surface area (Å²) < 4.78 is 0. The molecule has 0 saturated carbocycles. The topological polar surface area (TPSA) is 82.4 Å².